The Kier molecular flexibility index (Phi) is 5.74. The second-order valence-corrected chi connectivity index (χ2v) is 7.24. The first-order valence-corrected chi connectivity index (χ1v) is 9.71. The monoisotopic (exact) mass is 377 g/mol. The molecular formula is C23H27N3O2. The Morgan fingerprint density at radius 1 is 1.07 bits per heavy atom. The fraction of sp³-hybridized carbons (Fsp3) is 0.348. The number of ether oxygens (including phenoxy) is 2. The standard InChI is InChI=1S/C23H27N3O2/c1-27-14-13-26-12-11-24-23(26)22-17-25(16-19-5-3-4-6-21(19)22)15-18-7-9-20(28-2)10-8-18/h3-12,22H,13-17H2,1-2H3/t22-/m1/s1. The average Bonchev–Trinajstić information content (AvgIpc) is 3.20. The number of nitrogens with zero attached hydrogens (tertiary/aromatic N) is 3. The average molecular weight is 377 g/mol. The maximum Gasteiger partial charge on any atom is 0.118 e. The van der Waals surface area contributed by atoms with Crippen LogP contribution in [0.3, 0.4) is 0 Å². The predicted molar refractivity (Wildman–Crippen MR) is 109 cm³/mol. The Balaban J connectivity index is 1.60. The SMILES string of the molecule is COCCn1ccnc1[C@@H]1CN(Cc2ccc(OC)cc2)Cc2ccccc21. The Morgan fingerprint density at radius 2 is 1.89 bits per heavy atom. The minimum Gasteiger partial charge on any atom is -0.497 e. The van der Waals surface area contributed by atoms with Gasteiger partial charge in [-0.25, -0.2) is 4.98 Å². The molecule has 146 valence electrons. The molecular weight excluding hydrogens is 350 g/mol. The third-order valence-corrected chi connectivity index (χ3v) is 5.43. The number of hydrogen-bond acceptors (Lipinski definition) is 4. The zero-order valence-electron chi connectivity index (χ0n) is 16.5. The zero-order chi connectivity index (χ0) is 19.3. The number of rotatable bonds is 7. The molecule has 0 fully saturated rings. The molecule has 0 unspecified atom stereocenters. The van der Waals surface area contributed by atoms with Crippen molar-refractivity contribution in [1.82, 2.24) is 14.5 Å². The lowest BCUT2D eigenvalue weighted by atomic mass is 9.88. The first-order chi connectivity index (χ1) is 13.8. The van der Waals surface area contributed by atoms with Crippen LogP contribution in [0.1, 0.15) is 28.4 Å². The van der Waals surface area contributed by atoms with Crippen molar-refractivity contribution in [2.75, 3.05) is 27.4 Å². The van der Waals surface area contributed by atoms with Crippen LogP contribution in [-0.2, 0) is 24.4 Å². The molecule has 1 aliphatic heterocycles. The summed E-state index contributed by atoms with van der Waals surface area (Å²) in [4.78, 5) is 7.22. The second-order valence-electron chi connectivity index (χ2n) is 7.24. The number of aromatic nitrogens is 2. The summed E-state index contributed by atoms with van der Waals surface area (Å²) in [5.74, 6) is 2.27. The fourth-order valence-electron chi connectivity index (χ4n) is 4.02. The molecule has 5 nitrogen and oxygen atoms in total. The molecule has 0 bridgehead atoms. The van der Waals surface area contributed by atoms with Crippen molar-refractivity contribution in [3.05, 3.63) is 83.4 Å². The first-order valence-electron chi connectivity index (χ1n) is 9.71. The Labute approximate surface area is 166 Å². The number of methoxy groups -OCH3 is 2. The summed E-state index contributed by atoms with van der Waals surface area (Å²) in [5.41, 5.74) is 4.06. The van der Waals surface area contributed by atoms with E-state index < -0.39 is 0 Å². The molecule has 2 heterocycles. The van der Waals surface area contributed by atoms with E-state index in [2.05, 4.69) is 52.1 Å². The molecule has 0 radical (unpaired) electrons. The summed E-state index contributed by atoms with van der Waals surface area (Å²) in [5, 5.41) is 0. The smallest absolute Gasteiger partial charge is 0.118 e. The molecule has 0 saturated heterocycles. The summed E-state index contributed by atoms with van der Waals surface area (Å²) in [6.45, 7) is 4.33. The highest BCUT2D eigenvalue weighted by Gasteiger charge is 2.29. The van der Waals surface area contributed by atoms with Crippen molar-refractivity contribution >= 4 is 0 Å². The van der Waals surface area contributed by atoms with E-state index in [9.17, 15) is 0 Å². The van der Waals surface area contributed by atoms with Crippen LogP contribution >= 0.6 is 0 Å². The van der Waals surface area contributed by atoms with Crippen LogP contribution in [0.2, 0.25) is 0 Å². The van der Waals surface area contributed by atoms with Gasteiger partial charge in [-0.15, -0.1) is 0 Å². The molecule has 5 heteroatoms. The molecule has 0 N–H and O–H groups in total. The Bertz CT molecular complexity index is 904. The summed E-state index contributed by atoms with van der Waals surface area (Å²) < 4.78 is 12.8. The fourth-order valence-corrected chi connectivity index (χ4v) is 4.02. The number of hydrogen-bond donors (Lipinski definition) is 0. The topological polar surface area (TPSA) is 39.5 Å². The number of benzene rings is 2. The van der Waals surface area contributed by atoms with E-state index in [1.807, 2.05) is 18.3 Å². The van der Waals surface area contributed by atoms with Crippen LogP contribution < -0.4 is 4.74 Å². The van der Waals surface area contributed by atoms with Crippen LogP contribution in [-0.4, -0.2) is 41.8 Å². The maximum atomic E-state index is 5.28. The van der Waals surface area contributed by atoms with E-state index in [4.69, 9.17) is 14.5 Å². The van der Waals surface area contributed by atoms with Gasteiger partial charge < -0.3 is 14.0 Å². The molecule has 4 rings (SSSR count). The normalized spacial score (nSPS) is 16.7. The van der Waals surface area contributed by atoms with Gasteiger partial charge in [0.05, 0.1) is 19.6 Å². The highest BCUT2D eigenvalue weighted by atomic mass is 16.5. The van der Waals surface area contributed by atoms with Crippen molar-refractivity contribution in [3.63, 3.8) is 0 Å². The molecule has 1 aliphatic rings. The molecule has 2 aromatic carbocycles. The quantitative estimate of drug-likeness (QED) is 0.630. The molecule has 0 saturated carbocycles. The largest absolute Gasteiger partial charge is 0.497 e. The molecule has 1 aromatic heterocycles. The molecule has 28 heavy (non-hydrogen) atoms. The first kappa shape index (κ1) is 18.7. The molecule has 0 spiro atoms. The van der Waals surface area contributed by atoms with Crippen LogP contribution in [0.15, 0.2) is 60.9 Å². The Morgan fingerprint density at radius 3 is 2.68 bits per heavy atom. The second kappa shape index (κ2) is 8.59. The molecule has 0 amide bonds. The van der Waals surface area contributed by atoms with Crippen molar-refractivity contribution in [3.8, 4) is 5.75 Å². The van der Waals surface area contributed by atoms with Gasteiger partial charge in [0.1, 0.15) is 11.6 Å². The van der Waals surface area contributed by atoms with Gasteiger partial charge in [0.2, 0.25) is 0 Å². The lowest BCUT2D eigenvalue weighted by molar-refractivity contribution is 0.184. The minimum atomic E-state index is 0.259. The van der Waals surface area contributed by atoms with Crippen LogP contribution in [0, 0.1) is 0 Å². The van der Waals surface area contributed by atoms with Crippen molar-refractivity contribution in [2.45, 2.75) is 25.6 Å². The Hall–Kier alpha value is -2.63. The number of imidazole rings is 1. The minimum absolute atomic E-state index is 0.259. The van der Waals surface area contributed by atoms with Gasteiger partial charge in [-0.2, -0.15) is 0 Å². The van der Waals surface area contributed by atoms with Gasteiger partial charge in [-0.1, -0.05) is 36.4 Å². The number of fused-ring (bicyclic) bond motifs is 1. The predicted octanol–water partition coefficient (Wildman–Crippen LogP) is 3.69. The van der Waals surface area contributed by atoms with Crippen LogP contribution in [0.4, 0.5) is 0 Å². The molecule has 3 aromatic rings. The summed E-state index contributed by atoms with van der Waals surface area (Å²) in [6, 6.07) is 17.1. The van der Waals surface area contributed by atoms with Gasteiger partial charge in [-0.05, 0) is 28.8 Å². The van der Waals surface area contributed by atoms with Crippen LogP contribution in [0.25, 0.3) is 0 Å². The highest BCUT2D eigenvalue weighted by Crippen LogP contribution is 2.33. The highest BCUT2D eigenvalue weighted by molar-refractivity contribution is 5.37. The van der Waals surface area contributed by atoms with Gasteiger partial charge in [0.15, 0.2) is 0 Å². The van der Waals surface area contributed by atoms with E-state index in [1.54, 1.807) is 14.2 Å². The van der Waals surface area contributed by atoms with E-state index in [-0.39, 0.29) is 5.92 Å². The summed E-state index contributed by atoms with van der Waals surface area (Å²) in [7, 11) is 3.44. The summed E-state index contributed by atoms with van der Waals surface area (Å²) in [6.07, 6.45) is 3.95. The lowest BCUT2D eigenvalue weighted by Gasteiger charge is -2.34. The van der Waals surface area contributed by atoms with E-state index in [1.165, 1.54) is 16.7 Å². The molecule has 1 atom stereocenters. The van der Waals surface area contributed by atoms with Crippen molar-refractivity contribution in [1.29, 1.82) is 0 Å². The third-order valence-electron chi connectivity index (χ3n) is 5.43. The zero-order valence-corrected chi connectivity index (χ0v) is 16.5. The maximum absolute atomic E-state index is 5.28. The third kappa shape index (κ3) is 3.96. The van der Waals surface area contributed by atoms with Crippen LogP contribution in [0.5, 0.6) is 5.75 Å². The lowest BCUT2D eigenvalue weighted by Crippen LogP contribution is -2.35. The van der Waals surface area contributed by atoms with E-state index in [0.29, 0.717) is 6.61 Å². The van der Waals surface area contributed by atoms with Gasteiger partial charge in [-0.3, -0.25) is 4.90 Å². The van der Waals surface area contributed by atoms with Crippen molar-refractivity contribution in [2.24, 2.45) is 0 Å². The molecule has 0 aliphatic carbocycles. The van der Waals surface area contributed by atoms with Gasteiger partial charge >= 0.3 is 0 Å². The van der Waals surface area contributed by atoms with Gasteiger partial charge in [0.25, 0.3) is 0 Å². The van der Waals surface area contributed by atoms with E-state index in [0.717, 1.165) is 37.8 Å². The van der Waals surface area contributed by atoms with E-state index >= 15 is 0 Å². The van der Waals surface area contributed by atoms with Gasteiger partial charge in [0, 0.05) is 45.7 Å². The van der Waals surface area contributed by atoms with Crippen molar-refractivity contribution < 1.29 is 9.47 Å². The summed E-state index contributed by atoms with van der Waals surface area (Å²) >= 11 is 0.